The third-order valence-corrected chi connectivity index (χ3v) is 1.47. The number of carbonyl (C=O) groups is 1. The molecule has 0 radical (unpaired) electrons. The summed E-state index contributed by atoms with van der Waals surface area (Å²) in [7, 11) is 2.90. The van der Waals surface area contributed by atoms with Gasteiger partial charge in [-0.25, -0.2) is 5.06 Å². The maximum absolute atomic E-state index is 11.1. The molecule has 0 saturated heterocycles. The zero-order valence-electron chi connectivity index (χ0n) is 7.49. The van der Waals surface area contributed by atoms with Crippen LogP contribution in [0.1, 0.15) is 12.8 Å². The van der Waals surface area contributed by atoms with Gasteiger partial charge in [0.2, 0.25) is 5.91 Å². The first kappa shape index (κ1) is 11.1. The highest BCUT2D eigenvalue weighted by Crippen LogP contribution is 2.01. The van der Waals surface area contributed by atoms with Crippen LogP contribution >= 0.6 is 0 Å². The molecule has 0 aliphatic heterocycles. The normalized spacial score (nSPS) is 12.2. The van der Waals surface area contributed by atoms with E-state index in [1.807, 2.05) is 0 Å². The molecule has 1 amide bonds. The zero-order chi connectivity index (χ0) is 9.56. The van der Waals surface area contributed by atoms with Gasteiger partial charge in [0.05, 0.1) is 19.6 Å². The molecule has 70 valence electrons. The van der Waals surface area contributed by atoms with Gasteiger partial charge in [-0.1, -0.05) is 6.08 Å². The molecule has 0 spiro atoms. The molecule has 0 aromatic heterocycles. The summed E-state index contributed by atoms with van der Waals surface area (Å²) in [5, 5.41) is 10.3. The van der Waals surface area contributed by atoms with Gasteiger partial charge in [0.1, 0.15) is 0 Å². The summed E-state index contributed by atoms with van der Waals surface area (Å²) in [6.07, 6.45) is 1.40. The second-order valence-corrected chi connectivity index (χ2v) is 2.46. The Labute approximate surface area is 72.4 Å². The molecule has 0 saturated carbocycles. The molecule has 0 bridgehead atoms. The molecule has 1 atom stereocenters. The summed E-state index contributed by atoms with van der Waals surface area (Å²) in [6.45, 7) is 3.46. The third-order valence-electron chi connectivity index (χ3n) is 1.47. The van der Waals surface area contributed by atoms with Crippen LogP contribution in [0.25, 0.3) is 0 Å². The standard InChI is InChI=1S/C8H15NO3/c1-4-5-7(10)6-8(11)9(2)12-3/h4,7,10H,1,5-6H2,2-3H3/t7-/m0/s1. The highest BCUT2D eigenvalue weighted by atomic mass is 16.7. The molecule has 0 aliphatic rings. The van der Waals surface area contributed by atoms with E-state index in [4.69, 9.17) is 0 Å². The fourth-order valence-corrected chi connectivity index (χ4v) is 0.708. The van der Waals surface area contributed by atoms with Crippen LogP contribution in [0.3, 0.4) is 0 Å². The van der Waals surface area contributed by atoms with E-state index in [2.05, 4.69) is 11.4 Å². The van der Waals surface area contributed by atoms with E-state index in [0.717, 1.165) is 5.06 Å². The molecular formula is C8H15NO3. The van der Waals surface area contributed by atoms with Gasteiger partial charge in [0.15, 0.2) is 0 Å². The number of hydroxylamine groups is 2. The molecule has 4 nitrogen and oxygen atoms in total. The largest absolute Gasteiger partial charge is 0.392 e. The summed E-state index contributed by atoms with van der Waals surface area (Å²) in [4.78, 5) is 15.7. The highest BCUT2D eigenvalue weighted by molar-refractivity contribution is 5.75. The van der Waals surface area contributed by atoms with E-state index in [0.29, 0.717) is 6.42 Å². The number of amides is 1. The quantitative estimate of drug-likeness (QED) is 0.481. The van der Waals surface area contributed by atoms with Gasteiger partial charge in [0.25, 0.3) is 0 Å². The minimum absolute atomic E-state index is 0.0658. The van der Waals surface area contributed by atoms with Gasteiger partial charge in [-0.05, 0) is 6.42 Å². The maximum atomic E-state index is 11.1. The van der Waals surface area contributed by atoms with Gasteiger partial charge >= 0.3 is 0 Å². The van der Waals surface area contributed by atoms with Crippen LogP contribution in [0.15, 0.2) is 12.7 Å². The lowest BCUT2D eigenvalue weighted by Crippen LogP contribution is -2.28. The van der Waals surface area contributed by atoms with Crippen molar-refractivity contribution in [2.45, 2.75) is 18.9 Å². The van der Waals surface area contributed by atoms with Crippen molar-refractivity contribution < 1.29 is 14.7 Å². The van der Waals surface area contributed by atoms with Crippen LogP contribution in [-0.4, -0.2) is 36.3 Å². The van der Waals surface area contributed by atoms with Crippen LogP contribution in [0.4, 0.5) is 0 Å². The number of aliphatic hydroxyl groups excluding tert-OH is 1. The Morgan fingerprint density at radius 3 is 2.83 bits per heavy atom. The summed E-state index contributed by atoms with van der Waals surface area (Å²) in [5.41, 5.74) is 0. The van der Waals surface area contributed by atoms with Crippen molar-refractivity contribution in [3.8, 4) is 0 Å². The van der Waals surface area contributed by atoms with Crippen LogP contribution < -0.4 is 0 Å². The van der Waals surface area contributed by atoms with E-state index in [1.165, 1.54) is 14.2 Å². The number of hydrogen-bond donors (Lipinski definition) is 1. The van der Waals surface area contributed by atoms with Crippen LogP contribution in [0.5, 0.6) is 0 Å². The lowest BCUT2D eigenvalue weighted by molar-refractivity contribution is -0.170. The van der Waals surface area contributed by atoms with Crippen molar-refractivity contribution in [1.29, 1.82) is 0 Å². The van der Waals surface area contributed by atoms with Gasteiger partial charge < -0.3 is 5.11 Å². The number of rotatable bonds is 5. The Bertz CT molecular complexity index is 158. The number of aliphatic hydroxyl groups is 1. The van der Waals surface area contributed by atoms with Gasteiger partial charge in [-0.2, -0.15) is 0 Å². The molecule has 0 fully saturated rings. The van der Waals surface area contributed by atoms with E-state index in [9.17, 15) is 9.90 Å². The molecule has 1 N–H and O–H groups in total. The predicted molar refractivity (Wildman–Crippen MR) is 45.2 cm³/mol. The second kappa shape index (κ2) is 5.74. The second-order valence-electron chi connectivity index (χ2n) is 2.46. The van der Waals surface area contributed by atoms with E-state index >= 15 is 0 Å². The van der Waals surface area contributed by atoms with Crippen molar-refractivity contribution >= 4 is 5.91 Å². The smallest absolute Gasteiger partial charge is 0.248 e. The molecule has 0 heterocycles. The Morgan fingerprint density at radius 2 is 2.42 bits per heavy atom. The monoisotopic (exact) mass is 173 g/mol. The van der Waals surface area contributed by atoms with Crippen LogP contribution in [-0.2, 0) is 9.63 Å². The molecule has 4 heteroatoms. The Kier molecular flexibility index (Phi) is 5.32. The summed E-state index contributed by atoms with van der Waals surface area (Å²) >= 11 is 0. The summed E-state index contributed by atoms with van der Waals surface area (Å²) < 4.78 is 0. The van der Waals surface area contributed by atoms with E-state index in [1.54, 1.807) is 6.08 Å². The molecule has 12 heavy (non-hydrogen) atoms. The minimum atomic E-state index is -0.660. The lowest BCUT2D eigenvalue weighted by Gasteiger charge is -2.15. The fraction of sp³-hybridized carbons (Fsp3) is 0.625. The zero-order valence-corrected chi connectivity index (χ0v) is 7.49. The predicted octanol–water partition coefficient (Wildman–Crippen LogP) is 0.333. The van der Waals surface area contributed by atoms with Crippen LogP contribution in [0, 0.1) is 0 Å². The number of carbonyl (C=O) groups excluding carboxylic acids is 1. The minimum Gasteiger partial charge on any atom is -0.392 e. The topological polar surface area (TPSA) is 49.8 Å². The molecule has 0 unspecified atom stereocenters. The number of hydrogen-bond acceptors (Lipinski definition) is 3. The maximum Gasteiger partial charge on any atom is 0.248 e. The van der Waals surface area contributed by atoms with E-state index < -0.39 is 6.10 Å². The Balaban J connectivity index is 3.75. The van der Waals surface area contributed by atoms with Crippen molar-refractivity contribution in [1.82, 2.24) is 5.06 Å². The first-order valence-corrected chi connectivity index (χ1v) is 3.71. The van der Waals surface area contributed by atoms with Crippen LogP contribution in [0.2, 0.25) is 0 Å². The lowest BCUT2D eigenvalue weighted by atomic mass is 10.2. The van der Waals surface area contributed by atoms with Gasteiger partial charge in [-0.15, -0.1) is 6.58 Å². The third kappa shape index (κ3) is 4.10. The Morgan fingerprint density at radius 1 is 1.83 bits per heavy atom. The first-order valence-electron chi connectivity index (χ1n) is 3.71. The van der Waals surface area contributed by atoms with Crippen molar-refractivity contribution in [3.63, 3.8) is 0 Å². The average molecular weight is 173 g/mol. The average Bonchev–Trinajstić information content (AvgIpc) is 2.03. The summed E-state index contributed by atoms with van der Waals surface area (Å²) in [5.74, 6) is -0.244. The van der Waals surface area contributed by atoms with Gasteiger partial charge in [-0.3, -0.25) is 9.63 Å². The molecule has 0 aromatic carbocycles. The van der Waals surface area contributed by atoms with Crippen molar-refractivity contribution in [2.75, 3.05) is 14.2 Å². The SMILES string of the molecule is C=CC[C@H](O)CC(=O)N(C)OC. The first-order chi connectivity index (χ1) is 5.61. The molecular weight excluding hydrogens is 158 g/mol. The fourth-order valence-electron chi connectivity index (χ4n) is 0.708. The molecule has 0 aliphatic carbocycles. The Hall–Kier alpha value is -0.870. The van der Waals surface area contributed by atoms with E-state index in [-0.39, 0.29) is 12.3 Å². The summed E-state index contributed by atoms with van der Waals surface area (Å²) in [6, 6.07) is 0. The number of nitrogens with zero attached hydrogens (tertiary/aromatic N) is 1. The molecule has 0 aromatic rings. The highest BCUT2D eigenvalue weighted by Gasteiger charge is 2.12. The van der Waals surface area contributed by atoms with Crippen molar-refractivity contribution in [3.05, 3.63) is 12.7 Å². The van der Waals surface area contributed by atoms with Gasteiger partial charge in [0, 0.05) is 7.05 Å². The molecule has 0 rings (SSSR count). The van der Waals surface area contributed by atoms with Crippen molar-refractivity contribution in [2.24, 2.45) is 0 Å².